The molecular formula is C17H19Br2NO. The zero-order valence-electron chi connectivity index (χ0n) is 12.2. The Morgan fingerprint density at radius 2 is 1.81 bits per heavy atom. The Morgan fingerprint density at radius 1 is 1.05 bits per heavy atom. The summed E-state index contributed by atoms with van der Waals surface area (Å²) in [6, 6.07) is 14.5. The van der Waals surface area contributed by atoms with Crippen molar-refractivity contribution in [2.24, 2.45) is 0 Å². The summed E-state index contributed by atoms with van der Waals surface area (Å²) in [5.41, 5.74) is 2.35. The largest absolute Gasteiger partial charge is 0.494 e. The minimum absolute atomic E-state index is 0.0876. The number of para-hydroxylation sites is 1. The summed E-state index contributed by atoms with van der Waals surface area (Å²) in [7, 11) is 0. The van der Waals surface area contributed by atoms with E-state index in [1.807, 2.05) is 31.2 Å². The molecule has 112 valence electrons. The van der Waals surface area contributed by atoms with Gasteiger partial charge in [0, 0.05) is 14.5 Å². The molecule has 4 heteroatoms. The summed E-state index contributed by atoms with van der Waals surface area (Å²) in [5, 5.41) is 3.55. The molecule has 0 bridgehead atoms. The predicted molar refractivity (Wildman–Crippen MR) is 95.0 cm³/mol. The van der Waals surface area contributed by atoms with Crippen molar-refractivity contribution in [3.63, 3.8) is 0 Å². The number of halogens is 2. The van der Waals surface area contributed by atoms with E-state index >= 15 is 0 Å². The molecule has 21 heavy (non-hydrogen) atoms. The van der Waals surface area contributed by atoms with Crippen LogP contribution in [0.2, 0.25) is 0 Å². The van der Waals surface area contributed by atoms with Crippen molar-refractivity contribution in [1.29, 1.82) is 0 Å². The fourth-order valence-electron chi connectivity index (χ4n) is 2.33. The molecule has 2 aromatic carbocycles. The van der Waals surface area contributed by atoms with Crippen molar-refractivity contribution >= 4 is 31.9 Å². The van der Waals surface area contributed by atoms with E-state index in [9.17, 15) is 0 Å². The normalized spacial score (nSPS) is 12.2. The summed E-state index contributed by atoms with van der Waals surface area (Å²) in [6.45, 7) is 5.66. The van der Waals surface area contributed by atoms with Gasteiger partial charge in [0.05, 0.1) is 12.6 Å². The summed E-state index contributed by atoms with van der Waals surface area (Å²) >= 11 is 7.22. The van der Waals surface area contributed by atoms with Crippen molar-refractivity contribution in [2.45, 2.75) is 19.9 Å². The number of ether oxygens (including phenoxy) is 1. The molecule has 2 aromatic rings. The maximum atomic E-state index is 5.79. The van der Waals surface area contributed by atoms with Gasteiger partial charge in [-0.05, 0) is 43.3 Å². The Morgan fingerprint density at radius 3 is 2.52 bits per heavy atom. The molecule has 1 N–H and O–H groups in total. The second-order valence-electron chi connectivity index (χ2n) is 4.63. The van der Waals surface area contributed by atoms with Crippen LogP contribution in [-0.4, -0.2) is 13.2 Å². The van der Waals surface area contributed by atoms with Gasteiger partial charge in [-0.3, -0.25) is 0 Å². The smallest absolute Gasteiger partial charge is 0.124 e. The lowest BCUT2D eigenvalue weighted by Crippen LogP contribution is -2.23. The first-order valence-corrected chi connectivity index (χ1v) is 8.66. The van der Waals surface area contributed by atoms with E-state index in [1.165, 1.54) is 5.56 Å². The van der Waals surface area contributed by atoms with E-state index in [2.05, 4.69) is 62.3 Å². The average molecular weight is 413 g/mol. The third-order valence-electron chi connectivity index (χ3n) is 3.21. The van der Waals surface area contributed by atoms with Crippen molar-refractivity contribution in [1.82, 2.24) is 5.32 Å². The van der Waals surface area contributed by atoms with Crippen molar-refractivity contribution in [3.8, 4) is 5.75 Å². The second-order valence-corrected chi connectivity index (χ2v) is 6.40. The van der Waals surface area contributed by atoms with Crippen LogP contribution < -0.4 is 10.1 Å². The summed E-state index contributed by atoms with van der Waals surface area (Å²) in [6.07, 6.45) is 0. The molecule has 0 aromatic heterocycles. The van der Waals surface area contributed by atoms with Gasteiger partial charge in [0.1, 0.15) is 5.75 Å². The number of benzene rings is 2. The lowest BCUT2D eigenvalue weighted by Gasteiger charge is -2.23. The van der Waals surface area contributed by atoms with Gasteiger partial charge in [-0.15, -0.1) is 0 Å². The standard InChI is InChI=1S/C17H19Br2NO/c1-3-20-17(14-11-12(18)9-10-15(14)19)13-7-5-6-8-16(13)21-4-2/h5-11,17,20H,3-4H2,1-2H3. The third kappa shape index (κ3) is 4.09. The SMILES string of the molecule is CCNC(c1cc(Br)ccc1Br)c1ccccc1OCC. The highest BCUT2D eigenvalue weighted by Gasteiger charge is 2.19. The molecule has 0 heterocycles. The number of hydrogen-bond acceptors (Lipinski definition) is 2. The van der Waals surface area contributed by atoms with Gasteiger partial charge in [0.25, 0.3) is 0 Å². The van der Waals surface area contributed by atoms with Crippen molar-refractivity contribution in [3.05, 3.63) is 62.5 Å². The van der Waals surface area contributed by atoms with Crippen LogP contribution in [0.5, 0.6) is 5.75 Å². The van der Waals surface area contributed by atoms with E-state index in [0.717, 1.165) is 26.8 Å². The van der Waals surface area contributed by atoms with E-state index in [-0.39, 0.29) is 6.04 Å². The van der Waals surface area contributed by atoms with Crippen LogP contribution in [-0.2, 0) is 0 Å². The van der Waals surface area contributed by atoms with Gasteiger partial charge in [0.15, 0.2) is 0 Å². The quantitative estimate of drug-likeness (QED) is 0.694. The molecule has 0 aliphatic carbocycles. The van der Waals surface area contributed by atoms with Gasteiger partial charge in [-0.25, -0.2) is 0 Å². The zero-order valence-corrected chi connectivity index (χ0v) is 15.4. The molecule has 0 saturated heterocycles. The first kappa shape index (κ1) is 16.5. The Hall–Kier alpha value is -0.840. The van der Waals surface area contributed by atoms with Gasteiger partial charge in [-0.2, -0.15) is 0 Å². The van der Waals surface area contributed by atoms with Gasteiger partial charge in [-0.1, -0.05) is 57.0 Å². The Balaban J connectivity index is 2.50. The Kier molecular flexibility index (Phi) is 6.27. The molecule has 0 spiro atoms. The average Bonchev–Trinajstić information content (AvgIpc) is 2.49. The molecule has 0 fully saturated rings. The van der Waals surface area contributed by atoms with Crippen molar-refractivity contribution < 1.29 is 4.74 Å². The third-order valence-corrected chi connectivity index (χ3v) is 4.42. The predicted octanol–water partition coefficient (Wildman–Crippen LogP) is 5.31. The Labute approximate surface area is 143 Å². The molecule has 1 unspecified atom stereocenters. The van der Waals surface area contributed by atoms with Crippen LogP contribution in [0.4, 0.5) is 0 Å². The lowest BCUT2D eigenvalue weighted by atomic mass is 9.97. The maximum Gasteiger partial charge on any atom is 0.124 e. The first-order valence-electron chi connectivity index (χ1n) is 7.07. The minimum Gasteiger partial charge on any atom is -0.494 e. The van der Waals surface area contributed by atoms with Gasteiger partial charge in [0.2, 0.25) is 0 Å². The fraction of sp³-hybridized carbons (Fsp3) is 0.294. The van der Waals surface area contributed by atoms with E-state index in [0.29, 0.717) is 6.61 Å². The zero-order chi connectivity index (χ0) is 15.2. The van der Waals surface area contributed by atoms with Gasteiger partial charge < -0.3 is 10.1 Å². The summed E-state index contributed by atoms with van der Waals surface area (Å²) < 4.78 is 7.94. The highest BCUT2D eigenvalue weighted by Crippen LogP contribution is 2.35. The van der Waals surface area contributed by atoms with Gasteiger partial charge >= 0.3 is 0 Å². The molecule has 2 rings (SSSR count). The maximum absolute atomic E-state index is 5.79. The molecular weight excluding hydrogens is 394 g/mol. The Bertz CT molecular complexity index is 601. The monoisotopic (exact) mass is 411 g/mol. The first-order chi connectivity index (χ1) is 10.2. The molecule has 0 saturated carbocycles. The van der Waals surface area contributed by atoms with E-state index < -0.39 is 0 Å². The summed E-state index contributed by atoms with van der Waals surface area (Å²) in [4.78, 5) is 0. The van der Waals surface area contributed by atoms with E-state index in [1.54, 1.807) is 0 Å². The van der Waals surface area contributed by atoms with Crippen molar-refractivity contribution in [2.75, 3.05) is 13.2 Å². The summed E-state index contributed by atoms with van der Waals surface area (Å²) in [5.74, 6) is 0.929. The van der Waals surface area contributed by atoms with E-state index in [4.69, 9.17) is 4.74 Å². The molecule has 0 radical (unpaired) electrons. The highest BCUT2D eigenvalue weighted by atomic mass is 79.9. The molecule has 0 aliphatic rings. The van der Waals surface area contributed by atoms with Crippen LogP contribution in [0.1, 0.15) is 31.0 Å². The fourth-order valence-corrected chi connectivity index (χ4v) is 3.19. The molecule has 0 amide bonds. The van der Waals surface area contributed by atoms with Crippen LogP contribution in [0.25, 0.3) is 0 Å². The minimum atomic E-state index is 0.0876. The second kappa shape index (κ2) is 7.97. The number of rotatable bonds is 6. The van der Waals surface area contributed by atoms with Crippen LogP contribution in [0.3, 0.4) is 0 Å². The lowest BCUT2D eigenvalue weighted by molar-refractivity contribution is 0.333. The topological polar surface area (TPSA) is 21.3 Å². The number of hydrogen-bond donors (Lipinski definition) is 1. The highest BCUT2D eigenvalue weighted by molar-refractivity contribution is 9.11. The molecule has 2 nitrogen and oxygen atoms in total. The molecule has 1 atom stereocenters. The van der Waals surface area contributed by atoms with Crippen LogP contribution >= 0.6 is 31.9 Å². The number of nitrogens with one attached hydrogen (secondary N) is 1. The van der Waals surface area contributed by atoms with Crippen LogP contribution in [0.15, 0.2) is 51.4 Å². The molecule has 0 aliphatic heterocycles. The van der Waals surface area contributed by atoms with Crippen LogP contribution in [0, 0.1) is 0 Å².